The zero-order chi connectivity index (χ0) is 9.68. The van der Waals surface area contributed by atoms with Crippen LogP contribution >= 0.6 is 11.3 Å². The molecule has 0 bridgehead atoms. The maximum Gasteiger partial charge on any atom is 0.116 e. The van der Waals surface area contributed by atoms with Crippen LogP contribution in [0.25, 0.3) is 0 Å². The van der Waals surface area contributed by atoms with Crippen molar-refractivity contribution in [2.45, 2.75) is 26.3 Å². The Labute approximate surface area is 82.7 Å². The first-order valence-corrected chi connectivity index (χ1v) is 5.16. The molecule has 0 amide bonds. The fraction of sp³-hybridized carbons (Fsp3) is 0.444. The molecule has 3 N–H and O–H groups in total. The number of thiophene rings is 1. The number of rotatable bonds is 3. The first kappa shape index (κ1) is 10.2. The summed E-state index contributed by atoms with van der Waals surface area (Å²) in [4.78, 5) is 5.63. The van der Waals surface area contributed by atoms with Gasteiger partial charge in [-0.3, -0.25) is 4.99 Å². The number of aliphatic imine (C=N–C) groups is 1. The third-order valence-electron chi connectivity index (χ3n) is 1.50. The number of hydrazine groups is 1. The summed E-state index contributed by atoms with van der Waals surface area (Å²) >= 11 is 1.72. The fourth-order valence-electron chi connectivity index (χ4n) is 1.02. The smallest absolute Gasteiger partial charge is 0.116 e. The Morgan fingerprint density at radius 2 is 2.46 bits per heavy atom. The number of nitrogens with one attached hydrogen (secondary N) is 1. The van der Waals surface area contributed by atoms with Crippen molar-refractivity contribution in [1.29, 1.82) is 0 Å². The van der Waals surface area contributed by atoms with E-state index in [-0.39, 0.29) is 6.04 Å². The average molecular weight is 197 g/mol. The molecule has 3 nitrogen and oxygen atoms in total. The zero-order valence-corrected chi connectivity index (χ0v) is 8.77. The molecule has 13 heavy (non-hydrogen) atoms. The zero-order valence-electron chi connectivity index (χ0n) is 7.95. The van der Waals surface area contributed by atoms with Crippen molar-refractivity contribution >= 4 is 17.2 Å². The standard InChI is InChI=1S/C9H15N3S/c1-7(2)11-9(12-10)6-8-4-3-5-13-8/h3-5,7H,6,10H2,1-2H3,(H,11,12). The number of hydrogen-bond donors (Lipinski definition) is 2. The third kappa shape index (κ3) is 3.57. The number of amidine groups is 1. The summed E-state index contributed by atoms with van der Waals surface area (Å²) in [5.41, 5.74) is 2.63. The van der Waals surface area contributed by atoms with Gasteiger partial charge in [-0.15, -0.1) is 11.3 Å². The summed E-state index contributed by atoms with van der Waals surface area (Å²) in [5, 5.41) is 2.05. The highest BCUT2D eigenvalue weighted by Gasteiger charge is 2.00. The molecule has 1 aromatic heterocycles. The van der Waals surface area contributed by atoms with Crippen molar-refractivity contribution in [2.75, 3.05) is 0 Å². The van der Waals surface area contributed by atoms with Gasteiger partial charge in [0.2, 0.25) is 0 Å². The molecule has 0 unspecified atom stereocenters. The minimum Gasteiger partial charge on any atom is -0.312 e. The minimum atomic E-state index is 0.283. The second kappa shape index (κ2) is 4.99. The lowest BCUT2D eigenvalue weighted by atomic mass is 10.3. The molecule has 0 saturated carbocycles. The minimum absolute atomic E-state index is 0.283. The van der Waals surface area contributed by atoms with E-state index < -0.39 is 0 Å². The number of hydrogen-bond acceptors (Lipinski definition) is 3. The summed E-state index contributed by atoms with van der Waals surface area (Å²) in [6.45, 7) is 4.07. The van der Waals surface area contributed by atoms with Crippen molar-refractivity contribution < 1.29 is 0 Å². The van der Waals surface area contributed by atoms with Gasteiger partial charge in [-0.05, 0) is 25.3 Å². The van der Waals surface area contributed by atoms with E-state index in [9.17, 15) is 0 Å². The second-order valence-corrected chi connectivity index (χ2v) is 4.10. The van der Waals surface area contributed by atoms with E-state index in [2.05, 4.69) is 21.9 Å². The van der Waals surface area contributed by atoms with Gasteiger partial charge in [-0.2, -0.15) is 0 Å². The van der Waals surface area contributed by atoms with Gasteiger partial charge in [0.15, 0.2) is 0 Å². The van der Waals surface area contributed by atoms with Crippen molar-refractivity contribution in [3.63, 3.8) is 0 Å². The molecule has 1 aromatic rings. The van der Waals surface area contributed by atoms with Crippen LogP contribution in [-0.4, -0.2) is 11.9 Å². The Morgan fingerprint density at radius 3 is 2.92 bits per heavy atom. The van der Waals surface area contributed by atoms with Crippen LogP contribution in [0.15, 0.2) is 22.5 Å². The molecule has 0 aromatic carbocycles. The highest BCUT2D eigenvalue weighted by atomic mass is 32.1. The van der Waals surface area contributed by atoms with Crippen LogP contribution in [-0.2, 0) is 6.42 Å². The summed E-state index contributed by atoms with van der Waals surface area (Å²) in [7, 11) is 0. The fourth-order valence-corrected chi connectivity index (χ4v) is 1.73. The quantitative estimate of drug-likeness (QED) is 0.334. The largest absolute Gasteiger partial charge is 0.312 e. The average Bonchev–Trinajstić information content (AvgIpc) is 2.55. The second-order valence-electron chi connectivity index (χ2n) is 3.07. The first-order chi connectivity index (χ1) is 6.22. The molecule has 1 rings (SSSR count). The topological polar surface area (TPSA) is 50.4 Å². The van der Waals surface area contributed by atoms with E-state index in [4.69, 9.17) is 5.84 Å². The first-order valence-electron chi connectivity index (χ1n) is 4.28. The normalized spacial score (nSPS) is 12.2. The third-order valence-corrected chi connectivity index (χ3v) is 2.38. The lowest BCUT2D eigenvalue weighted by Crippen LogP contribution is -2.32. The lowest BCUT2D eigenvalue weighted by Gasteiger charge is -2.05. The maximum absolute atomic E-state index is 5.36. The molecule has 1 heterocycles. The van der Waals surface area contributed by atoms with E-state index in [1.807, 2.05) is 19.9 Å². The molecule has 0 radical (unpaired) electrons. The molecule has 0 aliphatic carbocycles. The van der Waals surface area contributed by atoms with E-state index in [0.717, 1.165) is 12.3 Å². The van der Waals surface area contributed by atoms with Gasteiger partial charge in [0.1, 0.15) is 5.84 Å². The Hall–Kier alpha value is -0.870. The molecule has 0 atom stereocenters. The van der Waals surface area contributed by atoms with Gasteiger partial charge in [-0.1, -0.05) is 6.07 Å². The van der Waals surface area contributed by atoms with Gasteiger partial charge >= 0.3 is 0 Å². The molecule has 0 aliphatic heterocycles. The van der Waals surface area contributed by atoms with Crippen LogP contribution in [0.5, 0.6) is 0 Å². The predicted octanol–water partition coefficient (Wildman–Crippen LogP) is 1.56. The van der Waals surface area contributed by atoms with E-state index in [0.29, 0.717) is 0 Å². The highest BCUT2D eigenvalue weighted by Crippen LogP contribution is 2.09. The molecule has 0 fully saturated rings. The Balaban J connectivity index is 2.60. The lowest BCUT2D eigenvalue weighted by molar-refractivity contribution is 0.812. The summed E-state index contributed by atoms with van der Waals surface area (Å²) in [5.74, 6) is 6.21. The SMILES string of the molecule is CC(C)N=C(Cc1cccs1)NN. The van der Waals surface area contributed by atoms with E-state index in [1.54, 1.807) is 11.3 Å². The predicted molar refractivity (Wildman–Crippen MR) is 57.9 cm³/mol. The van der Waals surface area contributed by atoms with Gasteiger partial charge in [-0.25, -0.2) is 5.84 Å². The summed E-state index contributed by atoms with van der Waals surface area (Å²) in [6.07, 6.45) is 0.798. The maximum atomic E-state index is 5.36. The highest BCUT2D eigenvalue weighted by molar-refractivity contribution is 7.10. The molecular formula is C9H15N3S. The Bertz CT molecular complexity index is 264. The number of nitrogens with two attached hydrogens (primary N) is 1. The van der Waals surface area contributed by atoms with Gasteiger partial charge in [0, 0.05) is 17.3 Å². The van der Waals surface area contributed by atoms with E-state index in [1.165, 1.54) is 4.88 Å². The molecule has 4 heteroatoms. The van der Waals surface area contributed by atoms with Crippen LogP contribution in [0.3, 0.4) is 0 Å². The van der Waals surface area contributed by atoms with Crippen LogP contribution in [0, 0.1) is 0 Å². The molecular weight excluding hydrogens is 182 g/mol. The van der Waals surface area contributed by atoms with Gasteiger partial charge in [0.05, 0.1) is 0 Å². The Kier molecular flexibility index (Phi) is 3.92. The number of nitrogens with zero attached hydrogens (tertiary/aromatic N) is 1. The molecule has 0 spiro atoms. The van der Waals surface area contributed by atoms with Gasteiger partial charge < -0.3 is 5.43 Å². The molecule has 0 aliphatic rings. The van der Waals surface area contributed by atoms with Gasteiger partial charge in [0.25, 0.3) is 0 Å². The van der Waals surface area contributed by atoms with Crippen LogP contribution < -0.4 is 11.3 Å². The van der Waals surface area contributed by atoms with E-state index >= 15 is 0 Å². The van der Waals surface area contributed by atoms with Crippen LogP contribution in [0.1, 0.15) is 18.7 Å². The monoisotopic (exact) mass is 197 g/mol. The molecule has 0 saturated heterocycles. The van der Waals surface area contributed by atoms with Crippen LogP contribution in [0.4, 0.5) is 0 Å². The van der Waals surface area contributed by atoms with Crippen molar-refractivity contribution in [3.8, 4) is 0 Å². The Morgan fingerprint density at radius 1 is 1.69 bits per heavy atom. The van der Waals surface area contributed by atoms with Crippen molar-refractivity contribution in [2.24, 2.45) is 10.8 Å². The van der Waals surface area contributed by atoms with Crippen LogP contribution in [0.2, 0.25) is 0 Å². The van der Waals surface area contributed by atoms with Crippen molar-refractivity contribution in [3.05, 3.63) is 22.4 Å². The molecule has 72 valence electrons. The summed E-state index contributed by atoms with van der Waals surface area (Å²) < 4.78 is 0. The summed E-state index contributed by atoms with van der Waals surface area (Å²) in [6, 6.07) is 4.40. The van der Waals surface area contributed by atoms with Crippen molar-refractivity contribution in [1.82, 2.24) is 5.43 Å².